The number of benzene rings is 2. The summed E-state index contributed by atoms with van der Waals surface area (Å²) in [5.74, 6) is 0.663. The maximum absolute atomic E-state index is 12.1. The van der Waals surface area contributed by atoms with Crippen LogP contribution >= 0.6 is 0 Å². The Balaban J connectivity index is 1.78. The Morgan fingerprint density at radius 1 is 1.17 bits per heavy atom. The molecule has 23 heavy (non-hydrogen) atoms. The normalized spacial score (nSPS) is 16.0. The van der Waals surface area contributed by atoms with E-state index in [1.165, 1.54) is 0 Å². The van der Waals surface area contributed by atoms with E-state index in [0.717, 1.165) is 16.7 Å². The molecule has 0 aromatic heterocycles. The van der Waals surface area contributed by atoms with Crippen molar-refractivity contribution >= 4 is 11.7 Å². The number of cyclic esters (lactones) is 1. The summed E-state index contributed by atoms with van der Waals surface area (Å²) < 4.78 is 5.42. The zero-order chi connectivity index (χ0) is 16.2. The summed E-state index contributed by atoms with van der Waals surface area (Å²) in [5, 5.41) is 8.85. The average Bonchev–Trinajstić information content (AvgIpc) is 2.96. The molecule has 1 amide bonds. The molecule has 0 spiro atoms. The third-order valence-corrected chi connectivity index (χ3v) is 3.88. The molecule has 2 aromatic carbocycles. The van der Waals surface area contributed by atoms with Crippen molar-refractivity contribution < 1.29 is 9.53 Å². The molecule has 0 radical (unpaired) electrons. The number of nitriles is 1. The Kier molecular flexibility index (Phi) is 4.11. The molecule has 1 saturated heterocycles. The molecule has 0 unspecified atom stereocenters. The summed E-state index contributed by atoms with van der Waals surface area (Å²) in [5.41, 5.74) is 3.55. The fourth-order valence-corrected chi connectivity index (χ4v) is 2.52. The van der Waals surface area contributed by atoms with Gasteiger partial charge in [0.05, 0.1) is 18.2 Å². The van der Waals surface area contributed by atoms with Gasteiger partial charge < -0.3 is 4.74 Å². The molecule has 0 N–H and O–H groups in total. The van der Waals surface area contributed by atoms with Crippen molar-refractivity contribution in [2.75, 3.05) is 6.54 Å². The molecule has 0 atom stereocenters. The maximum atomic E-state index is 12.1. The van der Waals surface area contributed by atoms with E-state index in [1.54, 1.807) is 17.0 Å². The zero-order valence-corrected chi connectivity index (χ0v) is 12.8. The van der Waals surface area contributed by atoms with Gasteiger partial charge in [-0.05, 0) is 35.8 Å². The summed E-state index contributed by atoms with van der Waals surface area (Å²) in [6.45, 7) is 2.92. The number of hydrogen-bond acceptors (Lipinski definition) is 3. The first-order valence-electron chi connectivity index (χ1n) is 7.38. The van der Waals surface area contributed by atoms with Crippen molar-refractivity contribution in [1.82, 2.24) is 4.90 Å². The molecular weight excluding hydrogens is 288 g/mol. The van der Waals surface area contributed by atoms with Crippen LogP contribution < -0.4 is 0 Å². The van der Waals surface area contributed by atoms with E-state index in [1.807, 2.05) is 49.4 Å². The van der Waals surface area contributed by atoms with Crippen LogP contribution in [0, 0.1) is 11.3 Å². The minimum atomic E-state index is -0.322. The first kappa shape index (κ1) is 14.9. The van der Waals surface area contributed by atoms with Crippen molar-refractivity contribution in [3.8, 4) is 6.07 Å². The van der Waals surface area contributed by atoms with Crippen LogP contribution in [0.25, 0.3) is 5.57 Å². The third-order valence-electron chi connectivity index (χ3n) is 3.88. The Morgan fingerprint density at radius 2 is 1.87 bits per heavy atom. The van der Waals surface area contributed by atoms with Crippen LogP contribution in [-0.2, 0) is 11.3 Å². The molecule has 2 aromatic rings. The molecule has 0 bridgehead atoms. The first-order valence-corrected chi connectivity index (χ1v) is 7.38. The molecule has 1 fully saturated rings. The van der Waals surface area contributed by atoms with Gasteiger partial charge in [-0.3, -0.25) is 4.90 Å². The van der Waals surface area contributed by atoms with E-state index >= 15 is 0 Å². The molecule has 4 heteroatoms. The van der Waals surface area contributed by atoms with Gasteiger partial charge in [-0.15, -0.1) is 0 Å². The van der Waals surface area contributed by atoms with Crippen molar-refractivity contribution in [2.24, 2.45) is 0 Å². The summed E-state index contributed by atoms with van der Waals surface area (Å²) >= 11 is 0. The second kappa shape index (κ2) is 6.37. The molecule has 0 aliphatic carbocycles. The summed E-state index contributed by atoms with van der Waals surface area (Å²) in [6, 6.07) is 19.2. The highest BCUT2D eigenvalue weighted by molar-refractivity contribution is 5.77. The van der Waals surface area contributed by atoms with Crippen LogP contribution in [0.2, 0.25) is 0 Å². The molecule has 1 aliphatic heterocycles. The SMILES string of the molecule is C/C(=C1/CN(Cc2ccccc2)C(=O)O1)c1ccc(C#N)cc1. The van der Waals surface area contributed by atoms with Crippen molar-refractivity contribution in [3.05, 3.63) is 77.0 Å². The lowest BCUT2D eigenvalue weighted by molar-refractivity contribution is 0.167. The van der Waals surface area contributed by atoms with Gasteiger partial charge in [0, 0.05) is 6.54 Å². The molecule has 4 nitrogen and oxygen atoms in total. The van der Waals surface area contributed by atoms with Crippen molar-refractivity contribution in [3.63, 3.8) is 0 Å². The van der Waals surface area contributed by atoms with E-state index in [2.05, 4.69) is 6.07 Å². The highest BCUT2D eigenvalue weighted by atomic mass is 16.6. The lowest BCUT2D eigenvalue weighted by atomic mass is 10.0. The van der Waals surface area contributed by atoms with Gasteiger partial charge in [-0.25, -0.2) is 4.79 Å². The smallest absolute Gasteiger partial charge is 0.412 e. The zero-order valence-electron chi connectivity index (χ0n) is 12.8. The Labute approximate surface area is 135 Å². The van der Waals surface area contributed by atoms with Gasteiger partial charge in [0.2, 0.25) is 0 Å². The lowest BCUT2D eigenvalue weighted by Crippen LogP contribution is -2.23. The van der Waals surface area contributed by atoms with Crippen molar-refractivity contribution in [2.45, 2.75) is 13.5 Å². The Hall–Kier alpha value is -3.06. The molecule has 1 heterocycles. The highest BCUT2D eigenvalue weighted by Crippen LogP contribution is 2.26. The van der Waals surface area contributed by atoms with E-state index in [0.29, 0.717) is 24.4 Å². The predicted molar refractivity (Wildman–Crippen MR) is 87.1 cm³/mol. The summed E-state index contributed by atoms with van der Waals surface area (Å²) in [4.78, 5) is 13.7. The third kappa shape index (κ3) is 3.24. The molecule has 0 saturated carbocycles. The van der Waals surface area contributed by atoms with Crippen molar-refractivity contribution in [1.29, 1.82) is 5.26 Å². The number of rotatable bonds is 3. The molecular formula is C19H16N2O2. The van der Waals surface area contributed by atoms with Crippen LogP contribution in [-0.4, -0.2) is 17.5 Å². The van der Waals surface area contributed by atoms with E-state index < -0.39 is 0 Å². The van der Waals surface area contributed by atoms with Crippen LogP contribution in [0.4, 0.5) is 4.79 Å². The topological polar surface area (TPSA) is 53.3 Å². The van der Waals surface area contributed by atoms with E-state index in [9.17, 15) is 4.79 Å². The molecule has 114 valence electrons. The Morgan fingerprint density at radius 3 is 2.52 bits per heavy atom. The highest BCUT2D eigenvalue weighted by Gasteiger charge is 2.28. The second-order valence-electron chi connectivity index (χ2n) is 5.45. The number of allylic oxidation sites excluding steroid dienone is 1. The fourth-order valence-electron chi connectivity index (χ4n) is 2.52. The number of carbonyl (C=O) groups is 1. The first-order chi connectivity index (χ1) is 11.2. The lowest BCUT2D eigenvalue weighted by Gasteiger charge is -2.11. The summed E-state index contributed by atoms with van der Waals surface area (Å²) in [7, 11) is 0. The minimum Gasteiger partial charge on any atom is -0.412 e. The number of amides is 1. The summed E-state index contributed by atoms with van der Waals surface area (Å²) in [6.07, 6.45) is -0.322. The monoisotopic (exact) mass is 304 g/mol. The van der Waals surface area contributed by atoms with Gasteiger partial charge in [-0.1, -0.05) is 42.5 Å². The number of ether oxygens (including phenoxy) is 1. The molecule has 1 aliphatic rings. The second-order valence-corrected chi connectivity index (χ2v) is 5.45. The van der Waals surface area contributed by atoms with Crippen LogP contribution in [0.15, 0.2) is 60.4 Å². The number of nitrogens with zero attached hydrogens (tertiary/aromatic N) is 2. The quantitative estimate of drug-likeness (QED) is 0.863. The fraction of sp³-hybridized carbons (Fsp3) is 0.158. The minimum absolute atomic E-state index is 0.322. The largest absolute Gasteiger partial charge is 0.415 e. The van der Waals surface area contributed by atoms with Gasteiger partial charge in [0.1, 0.15) is 5.76 Å². The van der Waals surface area contributed by atoms with Gasteiger partial charge in [-0.2, -0.15) is 5.26 Å². The Bertz CT molecular complexity index is 786. The van der Waals surface area contributed by atoms with Gasteiger partial charge in [0.25, 0.3) is 0 Å². The van der Waals surface area contributed by atoms with Gasteiger partial charge in [0.15, 0.2) is 0 Å². The van der Waals surface area contributed by atoms with E-state index in [-0.39, 0.29) is 6.09 Å². The van der Waals surface area contributed by atoms with E-state index in [4.69, 9.17) is 10.00 Å². The van der Waals surface area contributed by atoms with Gasteiger partial charge >= 0.3 is 6.09 Å². The van der Waals surface area contributed by atoms with Crippen LogP contribution in [0.3, 0.4) is 0 Å². The van der Waals surface area contributed by atoms with Crippen LogP contribution in [0.5, 0.6) is 0 Å². The predicted octanol–water partition coefficient (Wildman–Crippen LogP) is 3.94. The number of hydrogen-bond donors (Lipinski definition) is 0. The van der Waals surface area contributed by atoms with Crippen LogP contribution in [0.1, 0.15) is 23.6 Å². The standard InChI is InChI=1S/C19H16N2O2/c1-14(17-9-7-15(11-20)8-10-17)18-13-21(19(22)23-18)12-16-5-3-2-4-6-16/h2-10H,12-13H2,1H3/b18-14+. The molecule has 3 rings (SSSR count). The maximum Gasteiger partial charge on any atom is 0.415 e. The number of carbonyl (C=O) groups excluding carboxylic acids is 1. The average molecular weight is 304 g/mol.